The third kappa shape index (κ3) is 4.81. The van der Waals surface area contributed by atoms with Crippen molar-refractivity contribution in [3.8, 4) is 5.75 Å². The summed E-state index contributed by atoms with van der Waals surface area (Å²) in [4.78, 5) is 12.5. The van der Waals surface area contributed by atoms with Gasteiger partial charge in [-0.15, -0.1) is 13.2 Å². The SMILES string of the molecule is CC1Cc2cc(C(=O)NCc3ccccc3OC(F)(F)F)ccc2N1S(C)(=O)=O. The largest absolute Gasteiger partial charge is 0.573 e. The fourth-order valence-corrected chi connectivity index (χ4v) is 4.66. The summed E-state index contributed by atoms with van der Waals surface area (Å²) < 4.78 is 66.7. The predicted molar refractivity (Wildman–Crippen MR) is 101 cm³/mol. The van der Waals surface area contributed by atoms with E-state index in [-0.39, 0.29) is 23.9 Å². The number of carbonyl (C=O) groups excluding carboxylic acids is 1. The lowest BCUT2D eigenvalue weighted by Gasteiger charge is -2.21. The van der Waals surface area contributed by atoms with E-state index < -0.39 is 22.3 Å². The molecule has 2 aromatic rings. The maximum Gasteiger partial charge on any atom is 0.573 e. The van der Waals surface area contributed by atoms with E-state index in [1.54, 1.807) is 25.1 Å². The molecule has 0 spiro atoms. The van der Waals surface area contributed by atoms with E-state index >= 15 is 0 Å². The molecule has 1 aliphatic rings. The molecule has 1 N–H and O–H groups in total. The second-order valence-electron chi connectivity index (χ2n) is 6.79. The molecule has 156 valence electrons. The Kier molecular flexibility index (Phi) is 5.48. The number of alkyl halides is 3. The number of anilines is 1. The molecule has 0 saturated heterocycles. The normalized spacial score (nSPS) is 16.4. The minimum absolute atomic E-state index is 0.159. The van der Waals surface area contributed by atoms with Crippen molar-refractivity contribution in [1.82, 2.24) is 5.32 Å². The van der Waals surface area contributed by atoms with Crippen LogP contribution >= 0.6 is 0 Å². The van der Waals surface area contributed by atoms with Crippen molar-refractivity contribution in [3.05, 3.63) is 59.2 Å². The van der Waals surface area contributed by atoms with Crippen LogP contribution in [0.4, 0.5) is 18.9 Å². The van der Waals surface area contributed by atoms with E-state index in [1.807, 2.05) is 0 Å². The van der Waals surface area contributed by atoms with Crippen LogP contribution in [0.3, 0.4) is 0 Å². The van der Waals surface area contributed by atoms with E-state index in [0.717, 1.165) is 11.8 Å². The summed E-state index contributed by atoms with van der Waals surface area (Å²) in [7, 11) is -3.44. The first-order chi connectivity index (χ1) is 13.5. The zero-order valence-electron chi connectivity index (χ0n) is 15.7. The second-order valence-corrected chi connectivity index (χ2v) is 8.65. The molecule has 1 heterocycles. The number of para-hydroxylation sites is 1. The van der Waals surface area contributed by atoms with Crippen molar-refractivity contribution >= 4 is 21.6 Å². The van der Waals surface area contributed by atoms with Crippen molar-refractivity contribution in [2.75, 3.05) is 10.6 Å². The summed E-state index contributed by atoms with van der Waals surface area (Å²) in [5.41, 5.74) is 1.72. The van der Waals surface area contributed by atoms with Gasteiger partial charge in [0.1, 0.15) is 5.75 Å². The molecule has 2 aromatic carbocycles. The van der Waals surface area contributed by atoms with Crippen molar-refractivity contribution < 1.29 is 31.1 Å². The minimum atomic E-state index is -4.83. The van der Waals surface area contributed by atoms with Crippen LogP contribution in [0.15, 0.2) is 42.5 Å². The van der Waals surface area contributed by atoms with Crippen LogP contribution in [0, 0.1) is 0 Å². The first-order valence-corrected chi connectivity index (χ1v) is 10.5. The summed E-state index contributed by atoms with van der Waals surface area (Å²) in [5.74, 6) is -0.869. The fraction of sp³-hybridized carbons (Fsp3) is 0.316. The van der Waals surface area contributed by atoms with Gasteiger partial charge in [-0.2, -0.15) is 0 Å². The van der Waals surface area contributed by atoms with Gasteiger partial charge in [0.2, 0.25) is 10.0 Å². The molecule has 1 unspecified atom stereocenters. The summed E-state index contributed by atoms with van der Waals surface area (Å²) in [6.07, 6.45) is -3.24. The van der Waals surface area contributed by atoms with E-state index in [9.17, 15) is 26.4 Å². The van der Waals surface area contributed by atoms with Gasteiger partial charge in [0, 0.05) is 23.7 Å². The number of carbonyl (C=O) groups is 1. The average Bonchev–Trinajstić information content (AvgIpc) is 2.94. The Balaban J connectivity index is 1.75. The van der Waals surface area contributed by atoms with E-state index in [0.29, 0.717) is 17.7 Å². The third-order valence-electron chi connectivity index (χ3n) is 4.49. The summed E-state index contributed by atoms with van der Waals surface area (Å²) >= 11 is 0. The van der Waals surface area contributed by atoms with Gasteiger partial charge in [-0.3, -0.25) is 9.10 Å². The number of benzene rings is 2. The van der Waals surface area contributed by atoms with E-state index in [1.165, 1.54) is 28.6 Å². The van der Waals surface area contributed by atoms with Gasteiger partial charge < -0.3 is 10.1 Å². The Labute approximate surface area is 166 Å². The van der Waals surface area contributed by atoms with Gasteiger partial charge in [-0.1, -0.05) is 18.2 Å². The third-order valence-corrected chi connectivity index (χ3v) is 5.76. The van der Waals surface area contributed by atoms with Gasteiger partial charge >= 0.3 is 6.36 Å². The first kappa shape index (κ1) is 21.0. The molecule has 1 atom stereocenters. The van der Waals surface area contributed by atoms with Crippen molar-refractivity contribution in [2.45, 2.75) is 32.3 Å². The maximum atomic E-state index is 12.5. The standard InChI is InChI=1S/C19H19F3N2O4S/c1-12-9-15-10-13(7-8-16(15)24(12)29(2,26)27)18(25)23-11-14-5-3-4-6-17(14)28-19(20,21)22/h3-8,10,12H,9,11H2,1-2H3,(H,23,25). The molecule has 0 fully saturated rings. The molecule has 1 amide bonds. The van der Waals surface area contributed by atoms with Crippen LogP contribution in [0.1, 0.15) is 28.4 Å². The first-order valence-electron chi connectivity index (χ1n) is 8.70. The number of hydrogen-bond acceptors (Lipinski definition) is 4. The molecule has 0 radical (unpaired) electrons. The molecular formula is C19H19F3N2O4S. The Morgan fingerprint density at radius 3 is 2.59 bits per heavy atom. The van der Waals surface area contributed by atoms with Crippen LogP contribution in [0.25, 0.3) is 0 Å². The lowest BCUT2D eigenvalue weighted by Crippen LogP contribution is -2.34. The van der Waals surface area contributed by atoms with Crippen LogP contribution in [0.2, 0.25) is 0 Å². The zero-order valence-corrected chi connectivity index (χ0v) is 16.5. The van der Waals surface area contributed by atoms with Gasteiger partial charge in [-0.25, -0.2) is 8.42 Å². The number of sulfonamides is 1. The van der Waals surface area contributed by atoms with Gasteiger partial charge in [0.05, 0.1) is 11.9 Å². The Morgan fingerprint density at radius 2 is 1.93 bits per heavy atom. The molecule has 0 aliphatic carbocycles. The lowest BCUT2D eigenvalue weighted by molar-refractivity contribution is -0.274. The van der Waals surface area contributed by atoms with Crippen molar-refractivity contribution in [1.29, 1.82) is 0 Å². The number of rotatable bonds is 5. The molecule has 0 bridgehead atoms. The van der Waals surface area contributed by atoms with Gasteiger partial charge in [-0.05, 0) is 43.2 Å². The number of ether oxygens (including phenoxy) is 1. The predicted octanol–water partition coefficient (Wildman–Crippen LogP) is 3.23. The van der Waals surface area contributed by atoms with Crippen LogP contribution < -0.4 is 14.4 Å². The molecule has 29 heavy (non-hydrogen) atoms. The number of nitrogens with one attached hydrogen (secondary N) is 1. The Bertz CT molecular complexity index is 1040. The molecular weight excluding hydrogens is 409 g/mol. The number of amides is 1. The number of hydrogen-bond donors (Lipinski definition) is 1. The highest BCUT2D eigenvalue weighted by atomic mass is 32.2. The van der Waals surface area contributed by atoms with E-state index in [2.05, 4.69) is 10.1 Å². The second kappa shape index (κ2) is 7.58. The molecule has 6 nitrogen and oxygen atoms in total. The monoisotopic (exact) mass is 428 g/mol. The van der Waals surface area contributed by atoms with Crippen LogP contribution in [-0.2, 0) is 23.0 Å². The maximum absolute atomic E-state index is 12.5. The summed E-state index contributed by atoms with van der Waals surface area (Å²) in [6, 6.07) is 9.94. The van der Waals surface area contributed by atoms with Gasteiger partial charge in [0.15, 0.2) is 0 Å². The average molecular weight is 428 g/mol. The lowest BCUT2D eigenvalue weighted by atomic mass is 10.1. The number of nitrogens with zero attached hydrogens (tertiary/aromatic N) is 1. The molecule has 10 heteroatoms. The van der Waals surface area contributed by atoms with Crippen molar-refractivity contribution in [2.24, 2.45) is 0 Å². The number of halogens is 3. The topological polar surface area (TPSA) is 75.7 Å². The summed E-state index contributed by atoms with van der Waals surface area (Å²) in [6.45, 7) is 1.62. The highest BCUT2D eigenvalue weighted by molar-refractivity contribution is 7.92. The minimum Gasteiger partial charge on any atom is -0.405 e. The van der Waals surface area contributed by atoms with E-state index in [4.69, 9.17) is 0 Å². The highest BCUT2D eigenvalue weighted by Gasteiger charge is 2.33. The zero-order chi connectivity index (χ0) is 21.4. The van der Waals surface area contributed by atoms with Crippen molar-refractivity contribution in [3.63, 3.8) is 0 Å². The highest BCUT2D eigenvalue weighted by Crippen LogP contribution is 2.34. The quantitative estimate of drug-likeness (QED) is 0.794. The molecule has 0 saturated carbocycles. The number of fused-ring (bicyclic) bond motifs is 1. The Hall–Kier alpha value is -2.75. The smallest absolute Gasteiger partial charge is 0.405 e. The van der Waals surface area contributed by atoms with Gasteiger partial charge in [0.25, 0.3) is 5.91 Å². The van der Waals surface area contributed by atoms with Crippen LogP contribution in [0.5, 0.6) is 5.75 Å². The molecule has 1 aliphatic heterocycles. The molecule has 0 aromatic heterocycles. The molecule has 3 rings (SSSR count). The summed E-state index contributed by atoms with van der Waals surface area (Å²) in [5, 5.41) is 2.57. The van der Waals surface area contributed by atoms with Crippen LogP contribution in [-0.4, -0.2) is 33.0 Å². The fourth-order valence-electron chi connectivity index (χ4n) is 3.40. The Morgan fingerprint density at radius 1 is 1.24 bits per heavy atom.